The third kappa shape index (κ3) is 1.85. The molecule has 0 spiro atoms. The van der Waals surface area contributed by atoms with E-state index >= 15 is 0 Å². The quantitative estimate of drug-likeness (QED) is 0.425. The van der Waals surface area contributed by atoms with Crippen LogP contribution in [-0.2, 0) is 4.79 Å². The van der Waals surface area contributed by atoms with Crippen LogP contribution in [0.15, 0.2) is 23.3 Å². The summed E-state index contributed by atoms with van der Waals surface area (Å²) in [6.07, 6.45) is 1.54. The van der Waals surface area contributed by atoms with E-state index in [-0.39, 0.29) is 5.91 Å². The molecule has 1 aromatic carbocycles. The molecule has 5 heteroatoms. The average Bonchev–Trinajstić information content (AvgIpc) is 2.65. The summed E-state index contributed by atoms with van der Waals surface area (Å²) in [5, 5.41) is 3.53. The maximum absolute atomic E-state index is 11.6. The highest BCUT2D eigenvalue weighted by Gasteiger charge is 2.22. The van der Waals surface area contributed by atoms with Gasteiger partial charge >= 0.3 is 0 Å². The van der Waals surface area contributed by atoms with Gasteiger partial charge < -0.3 is 4.90 Å². The lowest BCUT2D eigenvalue weighted by Gasteiger charge is -2.18. The van der Waals surface area contributed by atoms with E-state index in [1.165, 1.54) is 0 Å². The molecule has 1 aliphatic heterocycles. The third-order valence-corrected chi connectivity index (χ3v) is 2.70. The van der Waals surface area contributed by atoms with Gasteiger partial charge in [-0.25, -0.2) is 0 Å². The Hall–Kier alpha value is -2.00. The fourth-order valence-corrected chi connectivity index (χ4v) is 1.96. The third-order valence-electron chi connectivity index (χ3n) is 2.70. The number of hydrogen-bond acceptors (Lipinski definition) is 2. The van der Waals surface area contributed by atoms with Gasteiger partial charge in [-0.2, -0.15) is 0 Å². The van der Waals surface area contributed by atoms with E-state index < -0.39 is 0 Å². The van der Waals surface area contributed by atoms with Gasteiger partial charge in [0, 0.05) is 29.3 Å². The zero-order valence-electron chi connectivity index (χ0n) is 9.05. The second kappa shape index (κ2) is 4.24. The van der Waals surface area contributed by atoms with Crippen molar-refractivity contribution in [2.24, 2.45) is 5.11 Å². The SMILES string of the molecule is Cc1cc(N=[N+]=[N-])ccc1N1CCCC1=O. The van der Waals surface area contributed by atoms with E-state index in [9.17, 15) is 4.79 Å². The molecular formula is C11H12N4O. The zero-order chi connectivity index (χ0) is 11.5. The minimum atomic E-state index is 0.166. The van der Waals surface area contributed by atoms with Crippen molar-refractivity contribution in [2.45, 2.75) is 19.8 Å². The van der Waals surface area contributed by atoms with Gasteiger partial charge in [-0.1, -0.05) is 11.2 Å². The van der Waals surface area contributed by atoms with Crippen LogP contribution >= 0.6 is 0 Å². The second-order valence-electron chi connectivity index (χ2n) is 3.81. The Morgan fingerprint density at radius 3 is 2.88 bits per heavy atom. The first kappa shape index (κ1) is 10.5. The molecule has 1 saturated heterocycles. The van der Waals surface area contributed by atoms with Crippen molar-refractivity contribution in [3.8, 4) is 0 Å². The van der Waals surface area contributed by atoms with Crippen LogP contribution in [0.4, 0.5) is 11.4 Å². The summed E-state index contributed by atoms with van der Waals surface area (Å²) in [4.78, 5) is 16.1. The van der Waals surface area contributed by atoms with E-state index in [4.69, 9.17) is 5.53 Å². The maximum Gasteiger partial charge on any atom is 0.227 e. The van der Waals surface area contributed by atoms with E-state index in [2.05, 4.69) is 10.0 Å². The molecule has 1 fully saturated rings. The monoisotopic (exact) mass is 216 g/mol. The summed E-state index contributed by atoms with van der Waals surface area (Å²) in [7, 11) is 0. The standard InChI is InChI=1S/C11H12N4O/c1-8-7-9(13-14-12)4-5-10(8)15-6-2-3-11(15)16/h4-5,7H,2-3,6H2,1H3. The number of aryl methyl sites for hydroxylation is 1. The van der Waals surface area contributed by atoms with Crippen molar-refractivity contribution < 1.29 is 4.79 Å². The number of nitrogens with zero attached hydrogens (tertiary/aromatic N) is 4. The van der Waals surface area contributed by atoms with Crippen molar-refractivity contribution in [3.63, 3.8) is 0 Å². The molecule has 2 rings (SSSR count). The van der Waals surface area contributed by atoms with Gasteiger partial charge in [0.1, 0.15) is 0 Å². The molecule has 0 aromatic heterocycles. The van der Waals surface area contributed by atoms with E-state index in [1.54, 1.807) is 17.0 Å². The first-order valence-corrected chi connectivity index (χ1v) is 5.18. The van der Waals surface area contributed by atoms with Crippen LogP contribution in [0.1, 0.15) is 18.4 Å². The predicted molar refractivity (Wildman–Crippen MR) is 61.6 cm³/mol. The molecule has 0 saturated carbocycles. The first-order valence-electron chi connectivity index (χ1n) is 5.18. The summed E-state index contributed by atoms with van der Waals surface area (Å²) in [5.74, 6) is 0.166. The lowest BCUT2D eigenvalue weighted by atomic mass is 10.1. The van der Waals surface area contributed by atoms with Crippen LogP contribution in [0.25, 0.3) is 10.4 Å². The summed E-state index contributed by atoms with van der Waals surface area (Å²) < 4.78 is 0. The fourth-order valence-electron chi connectivity index (χ4n) is 1.96. The first-order chi connectivity index (χ1) is 7.72. The molecule has 0 aliphatic carbocycles. The van der Waals surface area contributed by atoms with E-state index in [1.807, 2.05) is 13.0 Å². The number of carbonyl (C=O) groups excluding carboxylic acids is 1. The van der Waals surface area contributed by atoms with Gasteiger partial charge in [0.2, 0.25) is 5.91 Å². The van der Waals surface area contributed by atoms with Crippen molar-refractivity contribution in [1.29, 1.82) is 0 Å². The Bertz CT molecular complexity index is 477. The van der Waals surface area contributed by atoms with Gasteiger partial charge in [-0.05, 0) is 36.6 Å². The van der Waals surface area contributed by atoms with Crippen molar-refractivity contribution >= 4 is 17.3 Å². The smallest absolute Gasteiger partial charge is 0.227 e. The molecule has 16 heavy (non-hydrogen) atoms. The van der Waals surface area contributed by atoms with E-state index in [0.29, 0.717) is 12.1 Å². The topological polar surface area (TPSA) is 69.1 Å². The van der Waals surface area contributed by atoms with Gasteiger partial charge in [0.15, 0.2) is 0 Å². The number of benzene rings is 1. The minimum Gasteiger partial charge on any atom is -0.312 e. The maximum atomic E-state index is 11.6. The summed E-state index contributed by atoms with van der Waals surface area (Å²) in [6.45, 7) is 2.69. The lowest BCUT2D eigenvalue weighted by Crippen LogP contribution is -2.24. The molecule has 1 aliphatic rings. The Balaban J connectivity index is 2.35. The summed E-state index contributed by atoms with van der Waals surface area (Å²) in [5.41, 5.74) is 10.8. The molecule has 0 radical (unpaired) electrons. The fraction of sp³-hybridized carbons (Fsp3) is 0.364. The van der Waals surface area contributed by atoms with E-state index in [0.717, 1.165) is 24.2 Å². The Kier molecular flexibility index (Phi) is 2.79. The number of carbonyl (C=O) groups is 1. The minimum absolute atomic E-state index is 0.166. The number of amides is 1. The van der Waals surface area contributed by atoms with Crippen molar-refractivity contribution in [2.75, 3.05) is 11.4 Å². The van der Waals surface area contributed by atoms with Crippen LogP contribution in [0, 0.1) is 6.92 Å². The normalized spacial score (nSPS) is 15.1. The van der Waals surface area contributed by atoms with Crippen molar-refractivity contribution in [1.82, 2.24) is 0 Å². The molecule has 0 atom stereocenters. The highest BCUT2D eigenvalue weighted by atomic mass is 16.2. The zero-order valence-corrected chi connectivity index (χ0v) is 9.05. The molecule has 1 aromatic rings. The lowest BCUT2D eigenvalue weighted by molar-refractivity contribution is -0.117. The number of rotatable bonds is 2. The van der Waals surface area contributed by atoms with Crippen LogP contribution in [-0.4, -0.2) is 12.5 Å². The number of azide groups is 1. The van der Waals surface area contributed by atoms with Gasteiger partial charge in [0.25, 0.3) is 0 Å². The molecular weight excluding hydrogens is 204 g/mol. The molecule has 1 amide bonds. The van der Waals surface area contributed by atoms with Gasteiger partial charge in [-0.15, -0.1) is 0 Å². The van der Waals surface area contributed by atoms with Crippen molar-refractivity contribution in [3.05, 3.63) is 34.2 Å². The molecule has 82 valence electrons. The van der Waals surface area contributed by atoms with Crippen LogP contribution in [0.5, 0.6) is 0 Å². The molecule has 0 N–H and O–H groups in total. The molecule has 0 unspecified atom stereocenters. The molecule has 0 bridgehead atoms. The summed E-state index contributed by atoms with van der Waals surface area (Å²) in [6, 6.07) is 5.36. The molecule has 5 nitrogen and oxygen atoms in total. The number of hydrogen-bond donors (Lipinski definition) is 0. The highest BCUT2D eigenvalue weighted by molar-refractivity contribution is 5.96. The summed E-state index contributed by atoms with van der Waals surface area (Å²) >= 11 is 0. The number of anilines is 1. The average molecular weight is 216 g/mol. The Morgan fingerprint density at radius 1 is 1.50 bits per heavy atom. The van der Waals surface area contributed by atoms with Gasteiger partial charge in [0.05, 0.1) is 0 Å². The largest absolute Gasteiger partial charge is 0.312 e. The van der Waals surface area contributed by atoms with Crippen LogP contribution in [0.2, 0.25) is 0 Å². The molecule has 1 heterocycles. The highest BCUT2D eigenvalue weighted by Crippen LogP contribution is 2.28. The van der Waals surface area contributed by atoms with Gasteiger partial charge in [-0.3, -0.25) is 4.79 Å². The predicted octanol–water partition coefficient (Wildman–Crippen LogP) is 3.06. The Morgan fingerprint density at radius 2 is 2.31 bits per heavy atom. The second-order valence-corrected chi connectivity index (χ2v) is 3.81. The van der Waals surface area contributed by atoms with Crippen LogP contribution < -0.4 is 4.90 Å². The van der Waals surface area contributed by atoms with Crippen LogP contribution in [0.3, 0.4) is 0 Å². The Labute approximate surface area is 93.3 Å².